The first-order chi connectivity index (χ1) is 7.77. The van der Waals surface area contributed by atoms with E-state index in [4.69, 9.17) is 5.11 Å². The van der Waals surface area contributed by atoms with E-state index in [0.29, 0.717) is 0 Å². The van der Waals surface area contributed by atoms with Crippen LogP contribution >= 0.6 is 0 Å². The van der Waals surface area contributed by atoms with Crippen molar-refractivity contribution in [3.63, 3.8) is 0 Å². The average molecular weight is 219 g/mol. The van der Waals surface area contributed by atoms with Gasteiger partial charge < -0.3 is 5.11 Å². The Hall–Kier alpha value is -1.35. The van der Waals surface area contributed by atoms with E-state index in [1.807, 2.05) is 23.1 Å². The van der Waals surface area contributed by atoms with Crippen LogP contribution in [0.2, 0.25) is 0 Å². The summed E-state index contributed by atoms with van der Waals surface area (Å²) < 4.78 is 0. The Balaban J connectivity index is 1.71. The second kappa shape index (κ2) is 5.12. The molecule has 1 unspecified atom stereocenters. The fourth-order valence-electron chi connectivity index (χ4n) is 2.12. The van der Waals surface area contributed by atoms with Crippen LogP contribution in [0.4, 0.5) is 0 Å². The number of hydrogen-bond donors (Lipinski definition) is 1. The lowest BCUT2D eigenvalue weighted by Crippen LogP contribution is -2.52. The number of carbonyl (C=O) groups is 1. The smallest absolute Gasteiger partial charge is 0.320 e. The van der Waals surface area contributed by atoms with E-state index < -0.39 is 5.97 Å². The topological polar surface area (TPSA) is 40.5 Å². The molecule has 0 saturated carbocycles. The Kier molecular flexibility index (Phi) is 3.57. The van der Waals surface area contributed by atoms with Gasteiger partial charge in [0.15, 0.2) is 0 Å². The maximum Gasteiger partial charge on any atom is 0.320 e. The van der Waals surface area contributed by atoms with Gasteiger partial charge in [0, 0.05) is 6.54 Å². The first kappa shape index (κ1) is 11.1. The monoisotopic (exact) mass is 219 g/mol. The van der Waals surface area contributed by atoms with Gasteiger partial charge in [0.05, 0.1) is 0 Å². The summed E-state index contributed by atoms with van der Waals surface area (Å²) in [4.78, 5) is 12.8. The molecule has 1 fully saturated rings. The number of rotatable bonds is 5. The standard InChI is InChI=1S/C13H17NO2/c15-13(16)12-8-10-14(12)9-4-7-11-5-2-1-3-6-11/h1-3,5-6,12H,4,7-10H2,(H,15,16). The summed E-state index contributed by atoms with van der Waals surface area (Å²) in [7, 11) is 0. The van der Waals surface area contributed by atoms with Gasteiger partial charge in [-0.2, -0.15) is 0 Å². The molecule has 1 aromatic rings. The van der Waals surface area contributed by atoms with Crippen LogP contribution in [0.15, 0.2) is 30.3 Å². The Morgan fingerprint density at radius 2 is 2.12 bits per heavy atom. The van der Waals surface area contributed by atoms with Crippen LogP contribution in [0.1, 0.15) is 18.4 Å². The highest BCUT2D eigenvalue weighted by Crippen LogP contribution is 2.18. The van der Waals surface area contributed by atoms with Crippen molar-refractivity contribution in [3.8, 4) is 0 Å². The summed E-state index contributed by atoms with van der Waals surface area (Å²) in [5.74, 6) is -0.675. The first-order valence-electron chi connectivity index (χ1n) is 5.78. The predicted molar refractivity (Wildman–Crippen MR) is 62.4 cm³/mol. The predicted octanol–water partition coefficient (Wildman–Crippen LogP) is 1.78. The molecule has 0 radical (unpaired) electrons. The Labute approximate surface area is 95.7 Å². The SMILES string of the molecule is O=C(O)C1CCN1CCCc1ccccc1. The lowest BCUT2D eigenvalue weighted by Gasteiger charge is -2.37. The molecule has 0 spiro atoms. The lowest BCUT2D eigenvalue weighted by atomic mass is 10.0. The zero-order chi connectivity index (χ0) is 11.4. The molecular weight excluding hydrogens is 202 g/mol. The molecule has 0 bridgehead atoms. The second-order valence-electron chi connectivity index (χ2n) is 4.27. The van der Waals surface area contributed by atoms with E-state index in [-0.39, 0.29) is 6.04 Å². The highest BCUT2D eigenvalue weighted by molar-refractivity contribution is 5.74. The molecule has 1 saturated heterocycles. The molecule has 0 aliphatic carbocycles. The van der Waals surface area contributed by atoms with Gasteiger partial charge in [-0.15, -0.1) is 0 Å². The van der Waals surface area contributed by atoms with Crippen LogP contribution < -0.4 is 0 Å². The van der Waals surface area contributed by atoms with Gasteiger partial charge in [0.1, 0.15) is 6.04 Å². The molecular formula is C13H17NO2. The summed E-state index contributed by atoms with van der Waals surface area (Å²) in [6, 6.07) is 10.1. The number of aryl methyl sites for hydroxylation is 1. The van der Waals surface area contributed by atoms with Crippen molar-refractivity contribution in [2.75, 3.05) is 13.1 Å². The molecule has 3 nitrogen and oxygen atoms in total. The highest BCUT2D eigenvalue weighted by Gasteiger charge is 2.32. The molecule has 1 aliphatic heterocycles. The van der Waals surface area contributed by atoms with Crippen LogP contribution in [-0.2, 0) is 11.2 Å². The molecule has 86 valence electrons. The van der Waals surface area contributed by atoms with Gasteiger partial charge in [-0.3, -0.25) is 9.69 Å². The molecule has 3 heteroatoms. The van der Waals surface area contributed by atoms with E-state index in [9.17, 15) is 4.79 Å². The third kappa shape index (κ3) is 2.61. The van der Waals surface area contributed by atoms with E-state index >= 15 is 0 Å². The van der Waals surface area contributed by atoms with Crippen molar-refractivity contribution in [2.24, 2.45) is 0 Å². The quantitative estimate of drug-likeness (QED) is 0.820. The zero-order valence-electron chi connectivity index (χ0n) is 9.30. The average Bonchev–Trinajstić information content (AvgIpc) is 2.23. The molecule has 0 aromatic heterocycles. The number of carboxylic acid groups (broad SMARTS) is 1. The first-order valence-corrected chi connectivity index (χ1v) is 5.78. The minimum atomic E-state index is -0.675. The second-order valence-corrected chi connectivity index (χ2v) is 4.27. The molecule has 1 aromatic carbocycles. The van der Waals surface area contributed by atoms with Crippen molar-refractivity contribution in [1.29, 1.82) is 0 Å². The Morgan fingerprint density at radius 1 is 1.38 bits per heavy atom. The van der Waals surface area contributed by atoms with Crippen molar-refractivity contribution in [3.05, 3.63) is 35.9 Å². The third-order valence-electron chi connectivity index (χ3n) is 3.17. The number of nitrogens with zero attached hydrogens (tertiary/aromatic N) is 1. The number of aliphatic carboxylic acids is 1. The van der Waals surface area contributed by atoms with Crippen LogP contribution in [0.3, 0.4) is 0 Å². The number of likely N-dealkylation sites (tertiary alicyclic amines) is 1. The molecule has 16 heavy (non-hydrogen) atoms. The zero-order valence-corrected chi connectivity index (χ0v) is 9.30. The Bertz CT molecular complexity index is 350. The highest BCUT2D eigenvalue weighted by atomic mass is 16.4. The summed E-state index contributed by atoms with van der Waals surface area (Å²) in [6.07, 6.45) is 2.87. The summed E-state index contributed by atoms with van der Waals surface area (Å²) in [5.41, 5.74) is 1.33. The fourth-order valence-corrected chi connectivity index (χ4v) is 2.12. The van der Waals surface area contributed by atoms with Gasteiger partial charge in [-0.1, -0.05) is 30.3 Å². The van der Waals surface area contributed by atoms with Crippen LogP contribution in [0, 0.1) is 0 Å². The summed E-state index contributed by atoms with van der Waals surface area (Å²) in [5, 5.41) is 8.88. The molecule has 0 amide bonds. The van der Waals surface area contributed by atoms with Gasteiger partial charge in [0.25, 0.3) is 0 Å². The molecule has 1 aliphatic rings. The molecule has 1 N–H and O–H groups in total. The molecule has 1 heterocycles. The van der Waals surface area contributed by atoms with Gasteiger partial charge in [0.2, 0.25) is 0 Å². The van der Waals surface area contributed by atoms with Crippen LogP contribution in [0.25, 0.3) is 0 Å². The molecule has 1 atom stereocenters. The maximum absolute atomic E-state index is 10.8. The van der Waals surface area contributed by atoms with E-state index in [1.165, 1.54) is 5.56 Å². The molecule has 2 rings (SSSR count). The van der Waals surface area contributed by atoms with Crippen molar-refractivity contribution < 1.29 is 9.90 Å². The largest absolute Gasteiger partial charge is 0.480 e. The number of benzene rings is 1. The Morgan fingerprint density at radius 3 is 2.69 bits per heavy atom. The van der Waals surface area contributed by atoms with Crippen LogP contribution in [0.5, 0.6) is 0 Å². The summed E-state index contributed by atoms with van der Waals surface area (Å²) in [6.45, 7) is 1.83. The van der Waals surface area contributed by atoms with E-state index in [2.05, 4.69) is 12.1 Å². The summed E-state index contributed by atoms with van der Waals surface area (Å²) >= 11 is 0. The third-order valence-corrected chi connectivity index (χ3v) is 3.17. The van der Waals surface area contributed by atoms with Gasteiger partial charge in [-0.05, 0) is 31.4 Å². The maximum atomic E-state index is 10.8. The lowest BCUT2D eigenvalue weighted by molar-refractivity contribution is -0.148. The number of hydrogen-bond acceptors (Lipinski definition) is 2. The van der Waals surface area contributed by atoms with Gasteiger partial charge in [-0.25, -0.2) is 0 Å². The van der Waals surface area contributed by atoms with E-state index in [1.54, 1.807) is 0 Å². The van der Waals surface area contributed by atoms with Crippen molar-refractivity contribution >= 4 is 5.97 Å². The normalized spacial score (nSPS) is 20.4. The van der Waals surface area contributed by atoms with Crippen LogP contribution in [-0.4, -0.2) is 35.1 Å². The van der Waals surface area contributed by atoms with Crippen molar-refractivity contribution in [1.82, 2.24) is 4.90 Å². The minimum absolute atomic E-state index is 0.226. The van der Waals surface area contributed by atoms with E-state index in [0.717, 1.165) is 32.4 Å². The van der Waals surface area contributed by atoms with Crippen molar-refractivity contribution in [2.45, 2.75) is 25.3 Å². The minimum Gasteiger partial charge on any atom is -0.480 e. The number of carboxylic acids is 1. The fraction of sp³-hybridized carbons (Fsp3) is 0.462. The van der Waals surface area contributed by atoms with Gasteiger partial charge >= 0.3 is 5.97 Å².